The molecule has 0 unspecified atom stereocenters. The second-order valence-electron chi connectivity index (χ2n) is 8.11. The summed E-state index contributed by atoms with van der Waals surface area (Å²) in [6.07, 6.45) is -0.0475. The zero-order valence-electron chi connectivity index (χ0n) is 19.7. The second-order valence-corrected chi connectivity index (χ2v) is 8.11. The van der Waals surface area contributed by atoms with Crippen LogP contribution in [0.5, 0.6) is 0 Å². The van der Waals surface area contributed by atoms with E-state index in [4.69, 9.17) is 9.90 Å². The topological polar surface area (TPSA) is 81.6 Å². The Kier molecular flexibility index (Phi) is 10.6. The van der Waals surface area contributed by atoms with Crippen LogP contribution in [0.4, 0.5) is 39.4 Å². The molecule has 1 aliphatic rings. The summed E-state index contributed by atoms with van der Waals surface area (Å²) in [5.41, 5.74) is 1.10. The summed E-state index contributed by atoms with van der Waals surface area (Å²) in [5, 5.41) is 10.0. The van der Waals surface area contributed by atoms with Crippen LogP contribution >= 0.6 is 0 Å². The fourth-order valence-electron chi connectivity index (χ4n) is 3.63. The van der Waals surface area contributed by atoms with E-state index in [0.717, 1.165) is 43.6 Å². The molecule has 0 aliphatic carbocycles. The van der Waals surface area contributed by atoms with Crippen molar-refractivity contribution < 1.29 is 31.9 Å². The van der Waals surface area contributed by atoms with Gasteiger partial charge in [0.05, 0.1) is 0 Å². The van der Waals surface area contributed by atoms with Gasteiger partial charge >= 0.3 is 12.1 Å². The first-order valence-corrected chi connectivity index (χ1v) is 11.3. The second kappa shape index (κ2) is 13.2. The monoisotopic (exact) mass is 503 g/mol. The molecule has 0 radical (unpaired) electrons. The number of aryl methyl sites for hydroxylation is 1. The van der Waals surface area contributed by atoms with Gasteiger partial charge in [0.2, 0.25) is 5.95 Å². The maximum atomic E-state index is 13.4. The quantitative estimate of drug-likeness (QED) is 0.483. The van der Waals surface area contributed by atoms with E-state index >= 15 is 0 Å². The van der Waals surface area contributed by atoms with Crippen molar-refractivity contribution in [1.82, 2.24) is 14.9 Å². The summed E-state index contributed by atoms with van der Waals surface area (Å²) in [6, 6.07) is 5.24. The molecule has 3 rings (SSSR count). The van der Waals surface area contributed by atoms with Gasteiger partial charge in [0.15, 0.2) is 0 Å². The number of carboxylic acids is 1. The number of alkyl halides is 3. The summed E-state index contributed by atoms with van der Waals surface area (Å²) >= 11 is 0. The lowest BCUT2D eigenvalue weighted by Gasteiger charge is -2.28. The Hall–Kier alpha value is -3.02. The van der Waals surface area contributed by atoms with Crippen molar-refractivity contribution in [3.05, 3.63) is 41.6 Å². The van der Waals surface area contributed by atoms with Gasteiger partial charge in [-0.25, -0.2) is 18.6 Å². The number of rotatable bonds is 8. The molecule has 0 bridgehead atoms. The lowest BCUT2D eigenvalue weighted by Crippen LogP contribution is -2.33. The molecule has 0 amide bonds. The highest BCUT2D eigenvalue weighted by molar-refractivity contribution is 5.73. The van der Waals surface area contributed by atoms with Crippen molar-refractivity contribution in [3.63, 3.8) is 0 Å². The number of aliphatic carboxylic acids is 1. The number of piperidine rings is 1. The van der Waals surface area contributed by atoms with Crippen LogP contribution in [0.25, 0.3) is 0 Å². The van der Waals surface area contributed by atoms with Crippen LogP contribution < -0.4 is 10.2 Å². The molecule has 0 atom stereocenters. The van der Waals surface area contributed by atoms with Crippen LogP contribution in [0, 0.1) is 18.6 Å². The smallest absolute Gasteiger partial charge is 0.475 e. The van der Waals surface area contributed by atoms with Gasteiger partial charge in [0, 0.05) is 36.6 Å². The number of carbonyl (C=O) groups is 1. The summed E-state index contributed by atoms with van der Waals surface area (Å²) in [6.45, 7) is 9.27. The number of anilines is 3. The van der Waals surface area contributed by atoms with Gasteiger partial charge < -0.3 is 20.2 Å². The average molecular weight is 504 g/mol. The summed E-state index contributed by atoms with van der Waals surface area (Å²) < 4.78 is 58.6. The zero-order chi connectivity index (χ0) is 26.0. The fraction of sp³-hybridized carbons (Fsp3) is 0.522. The third-order valence-electron chi connectivity index (χ3n) is 5.26. The predicted molar refractivity (Wildman–Crippen MR) is 123 cm³/mol. The zero-order valence-corrected chi connectivity index (χ0v) is 19.7. The third-order valence-corrected chi connectivity index (χ3v) is 5.26. The number of likely N-dealkylation sites (tertiary alicyclic amines) is 1. The van der Waals surface area contributed by atoms with Crippen molar-refractivity contribution in [2.24, 2.45) is 0 Å². The summed E-state index contributed by atoms with van der Waals surface area (Å²) in [7, 11) is 0. The average Bonchev–Trinajstić information content (AvgIpc) is 2.76. The number of hydrogen-bond donors (Lipinski definition) is 2. The Bertz CT molecular complexity index is 948. The molecule has 0 spiro atoms. The van der Waals surface area contributed by atoms with Crippen LogP contribution in [-0.4, -0.2) is 64.8 Å². The maximum Gasteiger partial charge on any atom is 0.490 e. The minimum Gasteiger partial charge on any atom is -0.475 e. The Morgan fingerprint density at radius 1 is 1.09 bits per heavy atom. The highest BCUT2D eigenvalue weighted by Gasteiger charge is 2.38. The normalized spacial score (nSPS) is 14.1. The molecule has 35 heavy (non-hydrogen) atoms. The molecule has 1 saturated heterocycles. The summed E-state index contributed by atoms with van der Waals surface area (Å²) in [5.74, 6) is -2.86. The molecular weight excluding hydrogens is 473 g/mol. The van der Waals surface area contributed by atoms with Gasteiger partial charge in [-0.1, -0.05) is 6.42 Å². The van der Waals surface area contributed by atoms with Gasteiger partial charge in [-0.15, -0.1) is 0 Å². The first-order chi connectivity index (χ1) is 16.5. The standard InChI is InChI=1S/C21H29F2N5.C2HF3O2/c1-3-28(11-7-10-27-8-5-4-6-9-27)20-12-16(2)24-21(26-20)25-19-14-17(22)13-18(23)15-19;3-2(4,5)1(6)7/h12-15H,3-11H2,1-2H3,(H,24,25,26);(H,6,7). The molecule has 7 nitrogen and oxygen atoms in total. The number of aromatic nitrogens is 2. The number of hydrogen-bond acceptors (Lipinski definition) is 6. The SMILES string of the molecule is CCN(CCCN1CCCCC1)c1cc(C)nc(Nc2cc(F)cc(F)c2)n1.O=C(O)C(F)(F)F. The van der Waals surface area contributed by atoms with E-state index in [-0.39, 0.29) is 0 Å². The van der Waals surface area contributed by atoms with E-state index < -0.39 is 23.8 Å². The molecule has 1 aliphatic heterocycles. The molecule has 1 fully saturated rings. The molecule has 1 aromatic carbocycles. The number of nitrogens with one attached hydrogen (secondary N) is 1. The minimum absolute atomic E-state index is 0.294. The van der Waals surface area contributed by atoms with Crippen molar-refractivity contribution >= 4 is 23.4 Å². The first kappa shape index (κ1) is 28.2. The predicted octanol–water partition coefficient (Wildman–Crippen LogP) is 5.14. The van der Waals surface area contributed by atoms with E-state index in [2.05, 4.69) is 32.0 Å². The highest BCUT2D eigenvalue weighted by atomic mass is 19.4. The molecule has 0 saturated carbocycles. The molecule has 2 N–H and O–H groups in total. The van der Waals surface area contributed by atoms with E-state index in [1.165, 1.54) is 44.5 Å². The fourth-order valence-corrected chi connectivity index (χ4v) is 3.63. The molecular formula is C23H30F5N5O2. The number of benzene rings is 1. The lowest BCUT2D eigenvalue weighted by atomic mass is 10.1. The van der Waals surface area contributed by atoms with E-state index in [1.54, 1.807) is 0 Å². The Labute approximate surface area is 201 Å². The number of nitrogens with zero attached hydrogens (tertiary/aromatic N) is 4. The maximum absolute atomic E-state index is 13.4. The lowest BCUT2D eigenvalue weighted by molar-refractivity contribution is -0.192. The van der Waals surface area contributed by atoms with E-state index in [0.29, 0.717) is 11.6 Å². The Morgan fingerprint density at radius 3 is 2.23 bits per heavy atom. The molecule has 12 heteroatoms. The highest BCUT2D eigenvalue weighted by Crippen LogP contribution is 2.20. The first-order valence-electron chi connectivity index (χ1n) is 11.3. The Balaban J connectivity index is 0.000000540. The third kappa shape index (κ3) is 10.0. The van der Waals surface area contributed by atoms with Crippen molar-refractivity contribution in [2.45, 2.75) is 45.7 Å². The van der Waals surface area contributed by atoms with E-state index in [1.807, 2.05) is 13.0 Å². The van der Waals surface area contributed by atoms with Crippen LogP contribution in [0.1, 0.15) is 38.3 Å². The molecule has 1 aromatic heterocycles. The van der Waals surface area contributed by atoms with Gasteiger partial charge in [-0.05, 0) is 64.9 Å². The van der Waals surface area contributed by atoms with Gasteiger partial charge in [-0.3, -0.25) is 0 Å². The van der Waals surface area contributed by atoms with Gasteiger partial charge in [0.1, 0.15) is 17.5 Å². The molecule has 2 aromatic rings. The van der Waals surface area contributed by atoms with E-state index in [9.17, 15) is 22.0 Å². The Morgan fingerprint density at radius 2 is 1.69 bits per heavy atom. The van der Waals surface area contributed by atoms with Gasteiger partial charge in [0.25, 0.3) is 0 Å². The van der Waals surface area contributed by atoms with Crippen LogP contribution in [0.2, 0.25) is 0 Å². The minimum atomic E-state index is -5.08. The van der Waals surface area contributed by atoms with Crippen molar-refractivity contribution in [3.8, 4) is 0 Å². The van der Waals surface area contributed by atoms with Crippen molar-refractivity contribution in [2.75, 3.05) is 42.9 Å². The van der Waals surface area contributed by atoms with Crippen molar-refractivity contribution in [1.29, 1.82) is 0 Å². The van der Waals surface area contributed by atoms with Crippen LogP contribution in [0.3, 0.4) is 0 Å². The molecule has 194 valence electrons. The largest absolute Gasteiger partial charge is 0.490 e. The van der Waals surface area contributed by atoms with Crippen LogP contribution in [-0.2, 0) is 4.79 Å². The summed E-state index contributed by atoms with van der Waals surface area (Å²) in [4.78, 5) is 22.6. The van der Waals surface area contributed by atoms with Gasteiger partial charge in [-0.2, -0.15) is 18.2 Å². The molecule has 2 heterocycles. The number of carboxylic acid groups (broad SMARTS) is 1. The van der Waals surface area contributed by atoms with Crippen LogP contribution in [0.15, 0.2) is 24.3 Å². The number of halogens is 5.